The van der Waals surface area contributed by atoms with Crippen LogP contribution in [0.25, 0.3) is 0 Å². The summed E-state index contributed by atoms with van der Waals surface area (Å²) in [7, 11) is 0. The van der Waals surface area contributed by atoms with Crippen LogP contribution in [0.15, 0.2) is 48.5 Å². The Hall–Kier alpha value is -2.41. The first-order valence-corrected chi connectivity index (χ1v) is 11.1. The molecule has 0 radical (unpaired) electrons. The molecule has 164 valence electrons. The van der Waals surface area contributed by atoms with Gasteiger partial charge in [-0.1, -0.05) is 48.0 Å². The number of rotatable bonds is 7. The van der Waals surface area contributed by atoms with Crippen LogP contribution in [0, 0.1) is 0 Å². The molecule has 2 N–H and O–H groups in total. The molecular formula is C24H27ClN2O4. The second-order valence-corrected chi connectivity index (χ2v) is 8.67. The molecule has 1 amide bonds. The predicted octanol–water partition coefficient (Wildman–Crippen LogP) is 3.88. The number of carbonyl (C=O) groups excluding carboxylic acids is 1. The van der Waals surface area contributed by atoms with Crippen molar-refractivity contribution in [2.24, 2.45) is 0 Å². The standard InChI is InChI=1S/C24H27ClN2O4/c25-19-7-5-17(6-8-19)21(9-10-23(29)30)26-15-22(28)27-13-11-24(12-14-27)20-4-2-1-3-18(20)16-31-24/h1-8,21,26H,9-16H2,(H,29,30). The van der Waals surface area contributed by atoms with Gasteiger partial charge in [-0.3, -0.25) is 9.59 Å². The molecule has 7 heteroatoms. The van der Waals surface area contributed by atoms with Gasteiger partial charge in [-0.15, -0.1) is 0 Å². The van der Waals surface area contributed by atoms with Gasteiger partial charge in [-0.05, 0) is 48.1 Å². The number of carboxylic acids is 1. The number of hydrogen-bond donors (Lipinski definition) is 2. The van der Waals surface area contributed by atoms with Gasteiger partial charge in [0.25, 0.3) is 0 Å². The van der Waals surface area contributed by atoms with Gasteiger partial charge in [-0.25, -0.2) is 0 Å². The highest BCUT2D eigenvalue weighted by Gasteiger charge is 2.43. The number of benzene rings is 2. The Balaban J connectivity index is 1.34. The van der Waals surface area contributed by atoms with Crippen LogP contribution in [-0.4, -0.2) is 41.5 Å². The van der Waals surface area contributed by atoms with Crippen molar-refractivity contribution >= 4 is 23.5 Å². The van der Waals surface area contributed by atoms with E-state index in [0.717, 1.165) is 18.4 Å². The van der Waals surface area contributed by atoms with Gasteiger partial charge in [0.1, 0.15) is 0 Å². The molecule has 0 bridgehead atoms. The fourth-order valence-electron chi connectivity index (χ4n) is 4.59. The fraction of sp³-hybridized carbons (Fsp3) is 0.417. The second-order valence-electron chi connectivity index (χ2n) is 8.24. The van der Waals surface area contributed by atoms with Crippen molar-refractivity contribution in [1.82, 2.24) is 10.2 Å². The zero-order chi connectivity index (χ0) is 21.8. The molecule has 6 nitrogen and oxygen atoms in total. The molecule has 2 aromatic carbocycles. The summed E-state index contributed by atoms with van der Waals surface area (Å²) in [4.78, 5) is 25.8. The van der Waals surface area contributed by atoms with Crippen molar-refractivity contribution in [3.63, 3.8) is 0 Å². The van der Waals surface area contributed by atoms with Crippen LogP contribution in [0.1, 0.15) is 48.4 Å². The lowest BCUT2D eigenvalue weighted by Crippen LogP contribution is -2.48. The Bertz CT molecular complexity index is 939. The topological polar surface area (TPSA) is 78.9 Å². The van der Waals surface area contributed by atoms with Crippen LogP contribution >= 0.6 is 11.6 Å². The molecular weight excluding hydrogens is 416 g/mol. The van der Waals surface area contributed by atoms with Crippen LogP contribution in [-0.2, 0) is 26.5 Å². The minimum Gasteiger partial charge on any atom is -0.481 e. The maximum Gasteiger partial charge on any atom is 0.303 e. The van der Waals surface area contributed by atoms with Crippen molar-refractivity contribution in [2.45, 2.75) is 43.9 Å². The molecule has 0 aliphatic carbocycles. The predicted molar refractivity (Wildman–Crippen MR) is 118 cm³/mol. The smallest absolute Gasteiger partial charge is 0.303 e. The van der Waals surface area contributed by atoms with E-state index >= 15 is 0 Å². The maximum atomic E-state index is 12.9. The molecule has 1 atom stereocenters. The molecule has 1 saturated heterocycles. The first-order valence-electron chi connectivity index (χ1n) is 10.7. The number of aliphatic carboxylic acids is 1. The number of nitrogens with one attached hydrogen (secondary N) is 1. The van der Waals surface area contributed by atoms with Gasteiger partial charge in [0, 0.05) is 30.6 Å². The van der Waals surface area contributed by atoms with Gasteiger partial charge in [0.2, 0.25) is 5.91 Å². The lowest BCUT2D eigenvalue weighted by Gasteiger charge is -2.39. The average Bonchev–Trinajstić information content (AvgIpc) is 3.13. The van der Waals surface area contributed by atoms with Gasteiger partial charge in [0.05, 0.1) is 18.8 Å². The summed E-state index contributed by atoms with van der Waals surface area (Å²) in [6, 6.07) is 15.4. The average molecular weight is 443 g/mol. The van der Waals surface area contributed by atoms with Crippen LogP contribution in [0.4, 0.5) is 0 Å². The van der Waals surface area contributed by atoms with Crippen molar-refractivity contribution < 1.29 is 19.4 Å². The number of halogens is 1. The fourth-order valence-corrected chi connectivity index (χ4v) is 4.71. The molecule has 31 heavy (non-hydrogen) atoms. The normalized spacial score (nSPS) is 18.0. The van der Waals surface area contributed by atoms with Gasteiger partial charge >= 0.3 is 5.97 Å². The molecule has 1 unspecified atom stereocenters. The number of likely N-dealkylation sites (tertiary alicyclic amines) is 1. The van der Waals surface area contributed by atoms with Crippen LogP contribution in [0.2, 0.25) is 5.02 Å². The van der Waals surface area contributed by atoms with E-state index in [0.29, 0.717) is 31.1 Å². The third kappa shape index (κ3) is 4.92. The molecule has 2 heterocycles. The molecule has 2 aliphatic heterocycles. The van der Waals surface area contributed by atoms with E-state index in [-0.39, 0.29) is 30.5 Å². The largest absolute Gasteiger partial charge is 0.481 e. The molecule has 2 aliphatic rings. The number of piperidine rings is 1. The summed E-state index contributed by atoms with van der Waals surface area (Å²) < 4.78 is 6.18. The number of carboxylic acid groups (broad SMARTS) is 1. The van der Waals surface area contributed by atoms with Crippen molar-refractivity contribution in [2.75, 3.05) is 19.6 Å². The summed E-state index contributed by atoms with van der Waals surface area (Å²) in [5, 5.41) is 12.9. The number of nitrogens with zero attached hydrogens (tertiary/aromatic N) is 1. The third-order valence-corrected chi connectivity index (χ3v) is 6.61. The molecule has 0 saturated carbocycles. The van der Waals surface area contributed by atoms with E-state index in [9.17, 15) is 9.59 Å². The SMILES string of the molecule is O=C(O)CCC(NCC(=O)N1CCC2(CC1)OCc1ccccc12)c1ccc(Cl)cc1. The zero-order valence-electron chi connectivity index (χ0n) is 17.4. The van der Waals surface area contributed by atoms with Crippen molar-refractivity contribution in [3.05, 3.63) is 70.2 Å². The highest BCUT2D eigenvalue weighted by Crippen LogP contribution is 2.43. The Morgan fingerprint density at radius 1 is 1.13 bits per heavy atom. The molecule has 1 fully saturated rings. The number of fused-ring (bicyclic) bond motifs is 2. The number of hydrogen-bond acceptors (Lipinski definition) is 4. The van der Waals surface area contributed by atoms with Gasteiger partial charge < -0.3 is 20.1 Å². The number of ether oxygens (including phenoxy) is 1. The van der Waals surface area contributed by atoms with Crippen LogP contribution < -0.4 is 5.32 Å². The first-order chi connectivity index (χ1) is 15.0. The van der Waals surface area contributed by atoms with E-state index in [2.05, 4.69) is 17.4 Å². The van der Waals surface area contributed by atoms with E-state index in [1.54, 1.807) is 12.1 Å². The maximum absolute atomic E-state index is 12.9. The number of carbonyl (C=O) groups is 2. The van der Waals surface area contributed by atoms with E-state index < -0.39 is 5.97 Å². The summed E-state index contributed by atoms with van der Waals surface area (Å²) in [6.07, 6.45) is 2.00. The van der Waals surface area contributed by atoms with Crippen molar-refractivity contribution in [1.29, 1.82) is 0 Å². The Morgan fingerprint density at radius 3 is 2.55 bits per heavy atom. The highest BCUT2D eigenvalue weighted by atomic mass is 35.5. The molecule has 0 aromatic heterocycles. The summed E-state index contributed by atoms with van der Waals surface area (Å²) in [5.74, 6) is -0.833. The monoisotopic (exact) mass is 442 g/mol. The van der Waals surface area contributed by atoms with E-state index in [1.807, 2.05) is 29.2 Å². The lowest BCUT2D eigenvalue weighted by molar-refractivity contribution is -0.137. The first kappa shape index (κ1) is 21.8. The second kappa shape index (κ2) is 9.39. The van der Waals surface area contributed by atoms with E-state index in [4.69, 9.17) is 21.4 Å². The van der Waals surface area contributed by atoms with E-state index in [1.165, 1.54) is 11.1 Å². The van der Waals surface area contributed by atoms with Crippen molar-refractivity contribution in [3.8, 4) is 0 Å². The molecule has 1 spiro atoms. The summed E-state index contributed by atoms with van der Waals surface area (Å²) >= 11 is 5.97. The lowest BCUT2D eigenvalue weighted by atomic mass is 9.84. The quantitative estimate of drug-likeness (QED) is 0.680. The summed E-state index contributed by atoms with van der Waals surface area (Å²) in [6.45, 7) is 2.10. The van der Waals surface area contributed by atoms with Crippen LogP contribution in [0.3, 0.4) is 0 Å². The van der Waals surface area contributed by atoms with Crippen LogP contribution in [0.5, 0.6) is 0 Å². The van der Waals surface area contributed by atoms with Gasteiger partial charge in [-0.2, -0.15) is 0 Å². The Labute approximate surface area is 187 Å². The minimum absolute atomic E-state index is 0.0235. The highest BCUT2D eigenvalue weighted by molar-refractivity contribution is 6.30. The third-order valence-electron chi connectivity index (χ3n) is 6.35. The zero-order valence-corrected chi connectivity index (χ0v) is 18.1. The summed E-state index contributed by atoms with van der Waals surface area (Å²) in [5.41, 5.74) is 3.16. The molecule has 2 aromatic rings. The molecule has 4 rings (SSSR count). The van der Waals surface area contributed by atoms with Gasteiger partial charge in [0.15, 0.2) is 0 Å². The Kier molecular flexibility index (Phi) is 6.60. The number of amides is 1. The minimum atomic E-state index is -0.856. The Morgan fingerprint density at radius 2 is 1.84 bits per heavy atom.